The highest BCUT2D eigenvalue weighted by Gasteiger charge is 2.16. The second kappa shape index (κ2) is 69.2. The highest BCUT2D eigenvalue weighted by atomic mass is 16.6. The molecule has 0 rings (SSSR count). The average Bonchev–Trinajstić information content (AvgIpc) is 3.43. The Balaban J connectivity index is 3.33. The third-order valence-electron chi connectivity index (χ3n) is 17.2. The van der Waals surface area contributed by atoms with Gasteiger partial charge in [-0.3, -0.25) is 9.59 Å². The van der Waals surface area contributed by atoms with Crippen molar-refractivity contribution in [1.29, 1.82) is 0 Å². The van der Waals surface area contributed by atoms with Crippen molar-refractivity contribution in [3.63, 3.8) is 0 Å². The van der Waals surface area contributed by atoms with Gasteiger partial charge in [-0.25, -0.2) is 0 Å². The van der Waals surface area contributed by atoms with Gasteiger partial charge in [-0.05, 0) is 12.8 Å². The van der Waals surface area contributed by atoms with Crippen LogP contribution in [0.4, 0.5) is 0 Å². The molecule has 1 atom stereocenters. The maximum absolute atomic E-state index is 12.4. The van der Waals surface area contributed by atoms with E-state index in [1.54, 1.807) is 0 Å². The summed E-state index contributed by atoms with van der Waals surface area (Å²) < 4.78 is 10.8. The number of esters is 2. The quantitative estimate of drug-likeness (QED) is 0.0485. The minimum Gasteiger partial charge on any atom is -0.462 e. The molecule has 0 aliphatic rings. The van der Waals surface area contributed by atoms with Gasteiger partial charge in [0.1, 0.15) is 6.61 Å². The first kappa shape index (κ1) is 75.9. The van der Waals surface area contributed by atoms with E-state index in [0.717, 1.165) is 32.1 Å². The lowest BCUT2D eigenvalue weighted by molar-refractivity contribution is -0.161. The van der Waals surface area contributed by atoms with E-state index in [-0.39, 0.29) is 25.2 Å². The van der Waals surface area contributed by atoms with Gasteiger partial charge in [0.05, 0.1) is 6.61 Å². The van der Waals surface area contributed by atoms with Crippen molar-refractivity contribution in [2.45, 2.75) is 437 Å². The lowest BCUT2D eigenvalue weighted by atomic mass is 10.0. The van der Waals surface area contributed by atoms with Crippen LogP contribution in [-0.4, -0.2) is 36.4 Å². The van der Waals surface area contributed by atoms with Gasteiger partial charge in [0, 0.05) is 12.8 Å². The Bertz CT molecular complexity index is 1090. The van der Waals surface area contributed by atoms with Gasteiger partial charge in [0.15, 0.2) is 6.10 Å². The molecular weight excluding hydrogens is 945 g/mol. The minimum atomic E-state index is -0.765. The largest absolute Gasteiger partial charge is 0.462 e. The standard InChI is InChI=1S/C72H142O5/c1-3-5-7-9-11-13-15-17-19-21-23-25-27-29-30-31-32-33-34-35-36-37-38-39-40-41-43-45-47-49-51-53-55-57-59-61-63-65-67-72(75)77-70(68-73)69-76-71(74)66-64-62-60-58-56-54-52-50-48-46-44-42-28-26-24-22-20-18-16-14-12-10-8-6-4-2/h70,73H,3-69H2,1-2H3. The van der Waals surface area contributed by atoms with E-state index < -0.39 is 6.10 Å². The first-order valence-corrected chi connectivity index (χ1v) is 36.1. The second-order valence-electron chi connectivity index (χ2n) is 25.0. The van der Waals surface area contributed by atoms with Crippen LogP contribution in [0, 0.1) is 0 Å². The summed E-state index contributed by atoms with van der Waals surface area (Å²) in [5, 5.41) is 9.70. The van der Waals surface area contributed by atoms with Crippen LogP contribution in [0.15, 0.2) is 0 Å². The van der Waals surface area contributed by atoms with E-state index in [1.165, 1.54) is 372 Å². The van der Waals surface area contributed by atoms with Crippen LogP contribution < -0.4 is 0 Å². The van der Waals surface area contributed by atoms with Crippen LogP contribution >= 0.6 is 0 Å². The van der Waals surface area contributed by atoms with Gasteiger partial charge >= 0.3 is 11.9 Å². The summed E-state index contributed by atoms with van der Waals surface area (Å²) in [6, 6.07) is 0. The van der Waals surface area contributed by atoms with Crippen LogP contribution in [-0.2, 0) is 19.1 Å². The number of hydrogen-bond donors (Lipinski definition) is 1. The normalized spacial score (nSPS) is 12.0. The predicted molar refractivity (Wildman–Crippen MR) is 339 cm³/mol. The van der Waals surface area contributed by atoms with Crippen LogP contribution in [0.2, 0.25) is 0 Å². The van der Waals surface area contributed by atoms with Gasteiger partial charge < -0.3 is 14.6 Å². The molecule has 0 aliphatic heterocycles. The van der Waals surface area contributed by atoms with Crippen molar-refractivity contribution in [1.82, 2.24) is 0 Å². The van der Waals surface area contributed by atoms with Gasteiger partial charge in [-0.1, -0.05) is 406 Å². The van der Waals surface area contributed by atoms with Crippen LogP contribution in [0.5, 0.6) is 0 Å². The van der Waals surface area contributed by atoms with Crippen LogP contribution in [0.1, 0.15) is 431 Å². The summed E-state index contributed by atoms with van der Waals surface area (Å²) in [7, 11) is 0. The molecule has 5 nitrogen and oxygen atoms in total. The topological polar surface area (TPSA) is 72.8 Å². The predicted octanol–water partition coefficient (Wildman–Crippen LogP) is 24.8. The minimum absolute atomic E-state index is 0.0553. The van der Waals surface area contributed by atoms with E-state index in [9.17, 15) is 14.7 Å². The molecule has 0 aromatic rings. The first-order chi connectivity index (χ1) is 38.1. The SMILES string of the molecule is CCCCCCCCCCCCCCCCCCCCCCCCCCCCCCCCCCCCCCCCC(=O)OC(CO)COC(=O)CCCCCCCCCCCCCCCCCCCCCCCCCCC. The van der Waals surface area contributed by atoms with Gasteiger partial charge in [0.2, 0.25) is 0 Å². The Hall–Kier alpha value is -1.10. The third kappa shape index (κ3) is 67.3. The summed E-state index contributed by atoms with van der Waals surface area (Å²) >= 11 is 0. The summed E-state index contributed by atoms with van der Waals surface area (Å²) in [4.78, 5) is 24.6. The molecule has 0 heterocycles. The second-order valence-corrected chi connectivity index (χ2v) is 25.0. The molecule has 0 aromatic carbocycles. The molecule has 1 unspecified atom stereocenters. The van der Waals surface area contributed by atoms with E-state index in [4.69, 9.17) is 9.47 Å². The molecule has 0 amide bonds. The molecule has 460 valence electrons. The molecule has 77 heavy (non-hydrogen) atoms. The van der Waals surface area contributed by atoms with Crippen LogP contribution in [0.25, 0.3) is 0 Å². The molecule has 5 heteroatoms. The third-order valence-corrected chi connectivity index (χ3v) is 17.2. The molecule has 0 saturated carbocycles. The molecule has 0 aromatic heterocycles. The molecule has 0 aliphatic carbocycles. The fourth-order valence-electron chi connectivity index (χ4n) is 11.7. The average molecular weight is 1090 g/mol. The van der Waals surface area contributed by atoms with E-state index in [2.05, 4.69) is 13.8 Å². The maximum atomic E-state index is 12.4. The van der Waals surface area contributed by atoms with E-state index in [0.29, 0.717) is 12.8 Å². The lowest BCUT2D eigenvalue weighted by Gasteiger charge is -2.15. The van der Waals surface area contributed by atoms with E-state index >= 15 is 0 Å². The summed E-state index contributed by atoms with van der Waals surface area (Å²) in [6.07, 6.45) is 87.4. The Morgan fingerprint density at radius 1 is 0.247 bits per heavy atom. The van der Waals surface area contributed by atoms with Gasteiger partial charge in [-0.2, -0.15) is 0 Å². The zero-order valence-corrected chi connectivity index (χ0v) is 53.0. The highest BCUT2D eigenvalue weighted by Crippen LogP contribution is 2.20. The molecule has 1 N–H and O–H groups in total. The Labute approximate surface area is 484 Å². The smallest absolute Gasteiger partial charge is 0.306 e. The Morgan fingerprint density at radius 3 is 0.571 bits per heavy atom. The maximum Gasteiger partial charge on any atom is 0.306 e. The van der Waals surface area contributed by atoms with Crippen molar-refractivity contribution in [3.8, 4) is 0 Å². The van der Waals surface area contributed by atoms with E-state index in [1.807, 2.05) is 0 Å². The number of aliphatic hydroxyl groups excluding tert-OH is 1. The summed E-state index contributed by atoms with van der Waals surface area (Å²) in [5.74, 6) is -0.558. The number of carbonyl (C=O) groups is 2. The number of aliphatic hydroxyl groups is 1. The lowest BCUT2D eigenvalue weighted by Crippen LogP contribution is -2.28. The number of hydrogen-bond acceptors (Lipinski definition) is 5. The molecular formula is C72H142O5. The molecule has 0 saturated heterocycles. The summed E-state index contributed by atoms with van der Waals surface area (Å²) in [6.45, 7) is 4.23. The fraction of sp³-hybridized carbons (Fsp3) is 0.972. The monoisotopic (exact) mass is 1090 g/mol. The van der Waals surface area contributed by atoms with Crippen molar-refractivity contribution in [3.05, 3.63) is 0 Å². The number of ether oxygens (including phenoxy) is 2. The number of rotatable bonds is 69. The molecule has 0 fully saturated rings. The fourth-order valence-corrected chi connectivity index (χ4v) is 11.7. The number of unbranched alkanes of at least 4 members (excludes halogenated alkanes) is 61. The molecule has 0 radical (unpaired) electrons. The number of carbonyl (C=O) groups excluding carboxylic acids is 2. The molecule has 0 bridgehead atoms. The van der Waals surface area contributed by atoms with Crippen molar-refractivity contribution in [2.24, 2.45) is 0 Å². The van der Waals surface area contributed by atoms with Crippen molar-refractivity contribution >= 4 is 11.9 Å². The Kier molecular flexibility index (Phi) is 68.2. The van der Waals surface area contributed by atoms with Crippen molar-refractivity contribution in [2.75, 3.05) is 13.2 Å². The Morgan fingerprint density at radius 2 is 0.403 bits per heavy atom. The zero-order valence-electron chi connectivity index (χ0n) is 53.0. The van der Waals surface area contributed by atoms with Gasteiger partial charge in [-0.15, -0.1) is 0 Å². The van der Waals surface area contributed by atoms with Crippen molar-refractivity contribution < 1.29 is 24.2 Å². The zero-order chi connectivity index (χ0) is 55.5. The summed E-state index contributed by atoms with van der Waals surface area (Å²) in [5.41, 5.74) is 0. The van der Waals surface area contributed by atoms with Gasteiger partial charge in [0.25, 0.3) is 0 Å². The first-order valence-electron chi connectivity index (χ1n) is 36.1. The highest BCUT2D eigenvalue weighted by molar-refractivity contribution is 5.70. The van der Waals surface area contributed by atoms with Crippen LogP contribution in [0.3, 0.4) is 0 Å². The molecule has 0 spiro atoms.